The Morgan fingerprint density at radius 1 is 0.741 bits per heavy atom. The van der Waals surface area contributed by atoms with E-state index < -0.39 is 56.0 Å². The quantitative estimate of drug-likeness (QED) is 0.395. The van der Waals surface area contributed by atoms with Crippen molar-refractivity contribution < 1.29 is 76.4 Å². The molecule has 0 saturated heterocycles. The van der Waals surface area contributed by atoms with Crippen molar-refractivity contribution in [2.45, 2.75) is 43.2 Å². The standard InChI is InChI=1S/C10H8F12O5/c1-5(11,12)7(15,16)8(17,18)27-10(21,22)9(19,20)26-6(13,14)3-25-4(23)24-2/h3H2,1-2H3. The van der Waals surface area contributed by atoms with Gasteiger partial charge in [-0.05, 0) is 0 Å². The van der Waals surface area contributed by atoms with Crippen LogP contribution in [0.2, 0.25) is 0 Å². The molecule has 0 aliphatic carbocycles. The third-order valence-electron chi connectivity index (χ3n) is 2.31. The number of hydrogen-bond donors (Lipinski definition) is 0. The van der Waals surface area contributed by atoms with E-state index in [0.717, 1.165) is 0 Å². The predicted molar refractivity (Wildman–Crippen MR) is 55.9 cm³/mol. The Bertz CT molecular complexity index is 529. The van der Waals surface area contributed by atoms with Crippen molar-refractivity contribution in [2.75, 3.05) is 13.7 Å². The molecule has 0 aliphatic rings. The van der Waals surface area contributed by atoms with Crippen LogP contribution in [0.5, 0.6) is 0 Å². The first-order valence-corrected chi connectivity index (χ1v) is 6.00. The minimum atomic E-state index is -6.97. The van der Waals surface area contributed by atoms with E-state index in [-0.39, 0.29) is 0 Å². The summed E-state index contributed by atoms with van der Waals surface area (Å²) in [7, 11) is 0.559. The van der Waals surface area contributed by atoms with Gasteiger partial charge < -0.3 is 9.47 Å². The highest BCUT2D eigenvalue weighted by Gasteiger charge is 2.77. The number of ether oxygens (including phenoxy) is 4. The fourth-order valence-electron chi connectivity index (χ4n) is 1.02. The normalized spacial score (nSPS) is 14.9. The minimum absolute atomic E-state index is 0.559. The van der Waals surface area contributed by atoms with E-state index in [1.807, 2.05) is 0 Å². The Hall–Kier alpha value is -1.65. The van der Waals surface area contributed by atoms with Gasteiger partial charge in [0.25, 0.3) is 0 Å². The van der Waals surface area contributed by atoms with Crippen molar-refractivity contribution in [3.63, 3.8) is 0 Å². The van der Waals surface area contributed by atoms with Crippen molar-refractivity contribution >= 4 is 6.16 Å². The second kappa shape index (κ2) is 7.40. The molecular formula is C10H8F12O5. The van der Waals surface area contributed by atoms with E-state index in [9.17, 15) is 57.5 Å². The summed E-state index contributed by atoms with van der Waals surface area (Å²) in [6.45, 7) is -3.39. The zero-order valence-corrected chi connectivity index (χ0v) is 12.8. The van der Waals surface area contributed by atoms with Crippen LogP contribution in [0.25, 0.3) is 0 Å². The smallest absolute Gasteiger partial charge is 0.438 e. The van der Waals surface area contributed by atoms with Gasteiger partial charge in [-0.1, -0.05) is 0 Å². The number of alkyl halides is 12. The molecule has 0 rings (SSSR count). The molecule has 27 heavy (non-hydrogen) atoms. The third-order valence-corrected chi connectivity index (χ3v) is 2.31. The largest absolute Gasteiger partial charge is 0.508 e. The maximum atomic E-state index is 13.0. The van der Waals surface area contributed by atoms with Crippen LogP contribution >= 0.6 is 0 Å². The first kappa shape index (κ1) is 25.3. The Labute approximate surface area is 141 Å². The molecule has 0 fully saturated rings. The topological polar surface area (TPSA) is 54.0 Å². The Kier molecular flexibility index (Phi) is 6.95. The van der Waals surface area contributed by atoms with E-state index in [1.54, 1.807) is 4.74 Å². The van der Waals surface area contributed by atoms with Gasteiger partial charge >= 0.3 is 42.4 Å². The second-order valence-corrected chi connectivity index (χ2v) is 4.60. The van der Waals surface area contributed by atoms with Crippen molar-refractivity contribution in [3.8, 4) is 0 Å². The molecule has 0 spiro atoms. The number of carbonyl (C=O) groups excluding carboxylic acids is 1. The van der Waals surface area contributed by atoms with E-state index in [4.69, 9.17) is 0 Å². The summed E-state index contributed by atoms with van der Waals surface area (Å²) in [6.07, 6.45) is -28.1. The molecule has 0 radical (unpaired) electrons. The number of methoxy groups -OCH3 is 1. The van der Waals surface area contributed by atoms with Gasteiger partial charge in [0.1, 0.15) is 0 Å². The van der Waals surface area contributed by atoms with E-state index in [2.05, 4.69) is 14.2 Å². The maximum Gasteiger partial charge on any atom is 0.508 e. The highest BCUT2D eigenvalue weighted by Crippen LogP contribution is 2.51. The summed E-state index contributed by atoms with van der Waals surface area (Å²) in [6, 6.07) is 0. The van der Waals surface area contributed by atoms with Crippen LogP contribution in [-0.2, 0) is 18.9 Å². The molecule has 0 unspecified atom stereocenters. The Balaban J connectivity index is 5.45. The van der Waals surface area contributed by atoms with Crippen LogP contribution in [-0.4, -0.2) is 56.2 Å². The molecule has 0 atom stereocenters. The summed E-state index contributed by atoms with van der Waals surface area (Å²) >= 11 is 0. The molecule has 0 aromatic carbocycles. The molecular weight excluding hydrogens is 428 g/mol. The van der Waals surface area contributed by atoms with Crippen LogP contribution in [0.3, 0.4) is 0 Å². The average molecular weight is 436 g/mol. The van der Waals surface area contributed by atoms with Gasteiger partial charge in [0.2, 0.25) is 0 Å². The lowest BCUT2D eigenvalue weighted by molar-refractivity contribution is -0.536. The fourth-order valence-corrected chi connectivity index (χ4v) is 1.02. The highest BCUT2D eigenvalue weighted by molar-refractivity contribution is 5.59. The predicted octanol–water partition coefficient (Wildman–Crippen LogP) is 4.46. The molecule has 0 bridgehead atoms. The van der Waals surface area contributed by atoms with Gasteiger partial charge in [-0.25, -0.2) is 14.3 Å². The molecule has 0 saturated carbocycles. The maximum absolute atomic E-state index is 13.0. The summed E-state index contributed by atoms with van der Waals surface area (Å²) in [5, 5.41) is 0. The summed E-state index contributed by atoms with van der Waals surface area (Å²) < 4.78 is 165. The van der Waals surface area contributed by atoms with Crippen molar-refractivity contribution in [3.05, 3.63) is 0 Å². The van der Waals surface area contributed by atoms with Crippen LogP contribution in [0.4, 0.5) is 57.5 Å². The summed E-state index contributed by atoms with van der Waals surface area (Å²) in [4.78, 5) is 10.4. The number of hydrogen-bond acceptors (Lipinski definition) is 5. The fraction of sp³-hybridized carbons (Fsp3) is 0.900. The second-order valence-electron chi connectivity index (χ2n) is 4.60. The average Bonchev–Trinajstić information content (AvgIpc) is 2.40. The Morgan fingerprint density at radius 2 is 1.15 bits per heavy atom. The molecule has 0 heterocycles. The monoisotopic (exact) mass is 436 g/mol. The van der Waals surface area contributed by atoms with Gasteiger partial charge in [0.05, 0.1) is 7.11 Å². The van der Waals surface area contributed by atoms with Crippen LogP contribution < -0.4 is 0 Å². The van der Waals surface area contributed by atoms with Crippen LogP contribution in [0, 0.1) is 0 Å². The van der Waals surface area contributed by atoms with Gasteiger partial charge in [-0.3, -0.25) is 0 Å². The molecule has 0 aromatic rings. The van der Waals surface area contributed by atoms with Crippen LogP contribution in [0.15, 0.2) is 0 Å². The number of halogens is 12. The van der Waals surface area contributed by atoms with E-state index in [0.29, 0.717) is 7.11 Å². The lowest BCUT2D eigenvalue weighted by Crippen LogP contribution is -2.60. The molecule has 5 nitrogen and oxygen atoms in total. The zero-order valence-electron chi connectivity index (χ0n) is 12.8. The lowest BCUT2D eigenvalue weighted by atomic mass is 10.2. The number of rotatable bonds is 9. The molecule has 0 aliphatic heterocycles. The first-order valence-electron chi connectivity index (χ1n) is 6.00. The van der Waals surface area contributed by atoms with Gasteiger partial charge in [-0.15, -0.1) is 0 Å². The van der Waals surface area contributed by atoms with Gasteiger partial charge in [0, 0.05) is 6.92 Å². The zero-order chi connectivity index (χ0) is 22.1. The molecule has 0 aromatic heterocycles. The van der Waals surface area contributed by atoms with Gasteiger partial charge in [0.15, 0.2) is 6.61 Å². The number of carbonyl (C=O) groups is 1. The minimum Gasteiger partial charge on any atom is -0.438 e. The van der Waals surface area contributed by atoms with Crippen molar-refractivity contribution in [2.24, 2.45) is 0 Å². The molecule has 0 N–H and O–H groups in total. The third kappa shape index (κ3) is 5.91. The first-order chi connectivity index (χ1) is 11.6. The van der Waals surface area contributed by atoms with Gasteiger partial charge in [-0.2, -0.15) is 52.7 Å². The van der Waals surface area contributed by atoms with Crippen LogP contribution in [0.1, 0.15) is 6.92 Å². The SMILES string of the molecule is COC(=O)OCC(F)(F)OC(F)(F)C(F)(F)OC(F)(F)C(F)(F)C(C)(F)F. The molecule has 17 heteroatoms. The van der Waals surface area contributed by atoms with Crippen molar-refractivity contribution in [1.82, 2.24) is 0 Å². The Morgan fingerprint density at radius 3 is 1.52 bits per heavy atom. The summed E-state index contributed by atoms with van der Waals surface area (Å²) in [5.41, 5.74) is 0. The lowest BCUT2D eigenvalue weighted by Gasteiger charge is -2.35. The van der Waals surface area contributed by atoms with E-state index >= 15 is 0 Å². The molecule has 162 valence electrons. The summed E-state index contributed by atoms with van der Waals surface area (Å²) in [5.74, 6) is -12.5. The highest BCUT2D eigenvalue weighted by atomic mass is 19.4. The van der Waals surface area contributed by atoms with Crippen molar-refractivity contribution in [1.29, 1.82) is 0 Å². The molecule has 0 amide bonds. The van der Waals surface area contributed by atoms with E-state index in [1.165, 1.54) is 0 Å².